The van der Waals surface area contributed by atoms with Gasteiger partial charge in [0.1, 0.15) is 17.8 Å². The summed E-state index contributed by atoms with van der Waals surface area (Å²) in [6.45, 7) is 3.44. The molecule has 5 nitrogen and oxygen atoms in total. The minimum absolute atomic E-state index is 0.662. The molecule has 78 valence electrons. The van der Waals surface area contributed by atoms with E-state index in [0.717, 1.165) is 13.8 Å². The molecule has 0 aromatic heterocycles. The Morgan fingerprint density at radius 1 is 1.31 bits per heavy atom. The first-order chi connectivity index (χ1) is 5.71. The van der Waals surface area contributed by atoms with Crippen molar-refractivity contribution in [2.75, 3.05) is 0 Å². The number of ketones is 1. The molecule has 4 N–H and O–H groups in total. The highest BCUT2D eigenvalue weighted by Gasteiger charge is 2.42. The van der Waals surface area contributed by atoms with Crippen LogP contribution in [-0.2, 0) is 4.79 Å². The Morgan fingerprint density at radius 3 is 1.92 bits per heavy atom. The van der Waals surface area contributed by atoms with Crippen LogP contribution in [0.5, 0.6) is 0 Å². The molecule has 0 aromatic rings. The predicted molar refractivity (Wildman–Crippen MR) is 45.0 cm³/mol. The molecule has 0 rings (SSSR count). The lowest BCUT2D eigenvalue weighted by Gasteiger charge is -2.33. The minimum Gasteiger partial charge on any atom is -0.391 e. The first-order valence-electron chi connectivity index (χ1n) is 3.98. The first-order valence-corrected chi connectivity index (χ1v) is 3.98. The minimum atomic E-state index is -2.03. The Hall–Kier alpha value is -0.490. The average molecular weight is 192 g/mol. The highest BCUT2D eigenvalue weighted by atomic mass is 16.4. The predicted octanol–water partition coefficient (Wildman–Crippen LogP) is -1.57. The van der Waals surface area contributed by atoms with Crippen LogP contribution in [0.15, 0.2) is 0 Å². The molecule has 0 bridgehead atoms. The van der Waals surface area contributed by atoms with Crippen LogP contribution in [0.4, 0.5) is 0 Å². The molecule has 1 unspecified atom stereocenters. The third-order valence-corrected chi connectivity index (χ3v) is 1.99. The molecule has 0 aromatic carbocycles. The number of aliphatic hydroxyl groups is 4. The monoisotopic (exact) mass is 192 g/mol. The lowest BCUT2D eigenvalue weighted by Crippen LogP contribution is -2.56. The molecule has 13 heavy (non-hydrogen) atoms. The smallest absolute Gasteiger partial charge is 0.161 e. The van der Waals surface area contributed by atoms with Crippen LogP contribution >= 0.6 is 0 Å². The van der Waals surface area contributed by atoms with Crippen molar-refractivity contribution in [2.24, 2.45) is 0 Å². The second-order valence-corrected chi connectivity index (χ2v) is 3.42. The molecular weight excluding hydrogens is 176 g/mol. The van der Waals surface area contributed by atoms with Gasteiger partial charge in [-0.25, -0.2) is 0 Å². The fourth-order valence-electron chi connectivity index (χ4n) is 1.06. The molecule has 0 spiro atoms. The van der Waals surface area contributed by atoms with E-state index >= 15 is 0 Å². The molecule has 0 aliphatic carbocycles. The first kappa shape index (κ1) is 12.5. The van der Waals surface area contributed by atoms with Crippen molar-refractivity contribution >= 4 is 5.78 Å². The van der Waals surface area contributed by atoms with Gasteiger partial charge in [0.15, 0.2) is 5.78 Å². The van der Waals surface area contributed by atoms with E-state index in [1.54, 1.807) is 0 Å². The van der Waals surface area contributed by atoms with Crippen LogP contribution in [0.3, 0.4) is 0 Å². The van der Waals surface area contributed by atoms with Crippen molar-refractivity contribution in [3.8, 4) is 0 Å². The number of carbonyl (C=O) groups excluding carboxylic acids is 1. The standard InChI is InChI=1S/C8H16O5/c1-4(9)6(11)8(3,13)7(12)5(2)10/h4,6-7,9,11-13H,1-3H3/t4?,6-,7+,8-/m1/s1. The normalized spacial score (nSPS) is 23.0. The Bertz CT molecular complexity index is 187. The van der Waals surface area contributed by atoms with Gasteiger partial charge < -0.3 is 20.4 Å². The van der Waals surface area contributed by atoms with Crippen molar-refractivity contribution in [3.63, 3.8) is 0 Å². The highest BCUT2D eigenvalue weighted by molar-refractivity contribution is 5.81. The Balaban J connectivity index is 4.64. The third-order valence-electron chi connectivity index (χ3n) is 1.99. The Morgan fingerprint density at radius 2 is 1.69 bits per heavy atom. The second-order valence-electron chi connectivity index (χ2n) is 3.42. The van der Waals surface area contributed by atoms with E-state index in [-0.39, 0.29) is 0 Å². The molecule has 0 saturated heterocycles. The largest absolute Gasteiger partial charge is 0.391 e. The Kier molecular flexibility index (Phi) is 3.99. The highest BCUT2D eigenvalue weighted by Crippen LogP contribution is 2.18. The SMILES string of the molecule is CC(=O)[C@H](O)[C@](C)(O)[C@H](O)C(C)O. The second kappa shape index (κ2) is 4.15. The molecule has 0 radical (unpaired) electrons. The summed E-state index contributed by atoms with van der Waals surface area (Å²) < 4.78 is 0. The van der Waals surface area contributed by atoms with Crippen LogP contribution in [-0.4, -0.2) is 50.1 Å². The number of carbonyl (C=O) groups is 1. The van der Waals surface area contributed by atoms with Crippen molar-refractivity contribution in [1.82, 2.24) is 0 Å². The van der Waals surface area contributed by atoms with Gasteiger partial charge in [-0.05, 0) is 20.8 Å². The quantitative estimate of drug-likeness (QED) is 0.431. The van der Waals surface area contributed by atoms with Crippen LogP contribution in [0, 0.1) is 0 Å². The van der Waals surface area contributed by atoms with E-state index < -0.39 is 29.7 Å². The summed E-state index contributed by atoms with van der Waals surface area (Å²) in [6.07, 6.45) is -4.48. The zero-order chi connectivity index (χ0) is 10.8. The molecule has 5 heteroatoms. The third kappa shape index (κ3) is 2.73. The van der Waals surface area contributed by atoms with E-state index in [1.165, 1.54) is 6.92 Å². The average Bonchev–Trinajstić information content (AvgIpc) is 2.01. The molecule has 0 aliphatic rings. The zero-order valence-corrected chi connectivity index (χ0v) is 7.93. The number of hydrogen-bond acceptors (Lipinski definition) is 5. The summed E-state index contributed by atoms with van der Waals surface area (Å²) in [5, 5.41) is 36.9. The molecule has 0 saturated carbocycles. The van der Waals surface area contributed by atoms with Crippen molar-refractivity contribution < 1.29 is 25.2 Å². The maximum absolute atomic E-state index is 10.7. The van der Waals surface area contributed by atoms with Gasteiger partial charge in [-0.15, -0.1) is 0 Å². The van der Waals surface area contributed by atoms with E-state index in [1.807, 2.05) is 0 Å². The number of aliphatic hydroxyl groups excluding tert-OH is 3. The van der Waals surface area contributed by atoms with E-state index in [9.17, 15) is 20.1 Å². The fraction of sp³-hybridized carbons (Fsp3) is 0.875. The Labute approximate surface area is 76.6 Å². The van der Waals surface area contributed by atoms with Crippen molar-refractivity contribution in [2.45, 2.75) is 44.7 Å². The van der Waals surface area contributed by atoms with Gasteiger partial charge in [-0.3, -0.25) is 4.79 Å². The van der Waals surface area contributed by atoms with E-state index in [4.69, 9.17) is 5.11 Å². The van der Waals surface area contributed by atoms with Gasteiger partial charge >= 0.3 is 0 Å². The van der Waals surface area contributed by atoms with Gasteiger partial charge in [-0.2, -0.15) is 0 Å². The maximum atomic E-state index is 10.7. The summed E-state index contributed by atoms with van der Waals surface area (Å²) >= 11 is 0. The van der Waals surface area contributed by atoms with Crippen LogP contribution in [0.25, 0.3) is 0 Å². The lowest BCUT2D eigenvalue weighted by molar-refractivity contribution is -0.172. The molecule has 0 heterocycles. The molecule has 4 atom stereocenters. The lowest BCUT2D eigenvalue weighted by atomic mass is 9.87. The van der Waals surface area contributed by atoms with Gasteiger partial charge in [0.25, 0.3) is 0 Å². The van der Waals surface area contributed by atoms with Gasteiger partial charge in [-0.1, -0.05) is 0 Å². The number of Topliss-reactive ketones (excluding diaryl/α,β-unsaturated/α-hetero) is 1. The van der Waals surface area contributed by atoms with E-state index in [0.29, 0.717) is 0 Å². The summed E-state index contributed by atoms with van der Waals surface area (Å²) in [7, 11) is 0. The van der Waals surface area contributed by atoms with Crippen molar-refractivity contribution in [1.29, 1.82) is 0 Å². The number of rotatable bonds is 4. The topological polar surface area (TPSA) is 98.0 Å². The summed E-state index contributed by atoms with van der Waals surface area (Å²) in [4.78, 5) is 10.7. The van der Waals surface area contributed by atoms with Crippen LogP contribution in [0.2, 0.25) is 0 Å². The van der Waals surface area contributed by atoms with Crippen LogP contribution < -0.4 is 0 Å². The molecule has 0 amide bonds. The van der Waals surface area contributed by atoms with Gasteiger partial charge in [0.2, 0.25) is 0 Å². The summed E-state index contributed by atoms with van der Waals surface area (Å²) in [5.41, 5.74) is -2.03. The maximum Gasteiger partial charge on any atom is 0.161 e. The van der Waals surface area contributed by atoms with E-state index in [2.05, 4.69) is 0 Å². The molecule has 0 aliphatic heterocycles. The summed E-state index contributed by atoms with van der Waals surface area (Å²) in [6, 6.07) is 0. The molecule has 0 fully saturated rings. The summed E-state index contributed by atoms with van der Waals surface area (Å²) in [5.74, 6) is -0.662. The number of hydrogen-bond donors (Lipinski definition) is 4. The fourth-order valence-corrected chi connectivity index (χ4v) is 1.06. The van der Waals surface area contributed by atoms with Gasteiger partial charge in [0, 0.05) is 0 Å². The zero-order valence-electron chi connectivity index (χ0n) is 7.93. The van der Waals surface area contributed by atoms with Crippen molar-refractivity contribution in [3.05, 3.63) is 0 Å². The molecular formula is C8H16O5. The van der Waals surface area contributed by atoms with Gasteiger partial charge in [0.05, 0.1) is 6.10 Å². The van der Waals surface area contributed by atoms with Crippen LogP contribution in [0.1, 0.15) is 20.8 Å².